The molecule has 1 saturated carbocycles. The topological polar surface area (TPSA) is 41.1 Å². The first kappa shape index (κ1) is 9.52. The lowest BCUT2D eigenvalue weighted by Gasteiger charge is -2.01. The SMILES string of the molecule is CNC(=O)CCCNC1CC1C. The minimum atomic E-state index is 0.139. The van der Waals surface area contributed by atoms with Crippen LogP contribution in [0, 0.1) is 5.92 Å². The van der Waals surface area contributed by atoms with Crippen molar-refractivity contribution in [2.75, 3.05) is 13.6 Å². The zero-order valence-corrected chi connectivity index (χ0v) is 7.89. The van der Waals surface area contributed by atoms with Gasteiger partial charge in [0, 0.05) is 19.5 Å². The van der Waals surface area contributed by atoms with Crippen LogP contribution in [0.25, 0.3) is 0 Å². The van der Waals surface area contributed by atoms with E-state index in [0.29, 0.717) is 6.42 Å². The molecular weight excluding hydrogens is 152 g/mol. The van der Waals surface area contributed by atoms with Crippen LogP contribution in [-0.4, -0.2) is 25.5 Å². The number of amides is 1. The minimum Gasteiger partial charge on any atom is -0.359 e. The third kappa shape index (κ3) is 3.22. The molecule has 1 fully saturated rings. The van der Waals surface area contributed by atoms with Crippen molar-refractivity contribution in [3.8, 4) is 0 Å². The molecule has 2 N–H and O–H groups in total. The average Bonchev–Trinajstić information content (AvgIpc) is 2.75. The van der Waals surface area contributed by atoms with Crippen molar-refractivity contribution in [1.29, 1.82) is 0 Å². The summed E-state index contributed by atoms with van der Waals surface area (Å²) in [4.78, 5) is 10.8. The van der Waals surface area contributed by atoms with Crippen LogP contribution < -0.4 is 10.6 Å². The van der Waals surface area contributed by atoms with Crippen molar-refractivity contribution in [3.63, 3.8) is 0 Å². The van der Waals surface area contributed by atoms with E-state index in [0.717, 1.165) is 24.9 Å². The van der Waals surface area contributed by atoms with Crippen LogP contribution in [0.2, 0.25) is 0 Å². The Balaban J connectivity index is 1.86. The predicted octanol–water partition coefficient (Wildman–Crippen LogP) is 0.511. The quantitative estimate of drug-likeness (QED) is 0.590. The van der Waals surface area contributed by atoms with Crippen molar-refractivity contribution >= 4 is 5.91 Å². The van der Waals surface area contributed by atoms with E-state index < -0.39 is 0 Å². The van der Waals surface area contributed by atoms with Crippen LogP contribution in [0.5, 0.6) is 0 Å². The second-order valence-electron chi connectivity index (χ2n) is 3.55. The summed E-state index contributed by atoms with van der Waals surface area (Å²) in [6.45, 7) is 3.22. The standard InChI is InChI=1S/C9H18N2O/c1-7-6-8(7)11-5-3-4-9(12)10-2/h7-8,11H,3-6H2,1-2H3,(H,10,12). The lowest BCUT2D eigenvalue weighted by Crippen LogP contribution is -2.22. The summed E-state index contributed by atoms with van der Waals surface area (Å²) >= 11 is 0. The van der Waals surface area contributed by atoms with Crippen molar-refractivity contribution in [3.05, 3.63) is 0 Å². The van der Waals surface area contributed by atoms with Gasteiger partial charge in [-0.15, -0.1) is 0 Å². The maximum Gasteiger partial charge on any atom is 0.219 e. The van der Waals surface area contributed by atoms with Crippen molar-refractivity contribution in [1.82, 2.24) is 10.6 Å². The number of hydrogen-bond acceptors (Lipinski definition) is 2. The first-order valence-corrected chi connectivity index (χ1v) is 4.68. The molecule has 70 valence electrons. The van der Waals surface area contributed by atoms with Gasteiger partial charge < -0.3 is 10.6 Å². The number of hydrogen-bond donors (Lipinski definition) is 2. The lowest BCUT2D eigenvalue weighted by atomic mass is 10.3. The van der Waals surface area contributed by atoms with Crippen LogP contribution in [0.1, 0.15) is 26.2 Å². The van der Waals surface area contributed by atoms with Crippen molar-refractivity contribution in [2.24, 2.45) is 5.92 Å². The number of rotatable bonds is 5. The van der Waals surface area contributed by atoms with Gasteiger partial charge in [-0.3, -0.25) is 4.79 Å². The fourth-order valence-corrected chi connectivity index (χ4v) is 1.27. The minimum absolute atomic E-state index is 0.139. The van der Waals surface area contributed by atoms with Gasteiger partial charge in [0.2, 0.25) is 5.91 Å². The Labute approximate surface area is 73.9 Å². The molecule has 0 aromatic carbocycles. The molecule has 1 aliphatic carbocycles. The molecule has 3 heteroatoms. The molecule has 12 heavy (non-hydrogen) atoms. The zero-order valence-electron chi connectivity index (χ0n) is 7.89. The van der Waals surface area contributed by atoms with E-state index in [1.807, 2.05) is 0 Å². The molecule has 2 atom stereocenters. The summed E-state index contributed by atoms with van der Waals surface area (Å²) in [6.07, 6.45) is 2.90. The summed E-state index contributed by atoms with van der Waals surface area (Å²) in [7, 11) is 1.68. The molecule has 0 spiro atoms. The molecule has 1 amide bonds. The van der Waals surface area contributed by atoms with Crippen LogP contribution in [0.15, 0.2) is 0 Å². The van der Waals surface area contributed by atoms with Gasteiger partial charge in [-0.2, -0.15) is 0 Å². The number of carbonyl (C=O) groups is 1. The summed E-state index contributed by atoms with van der Waals surface area (Å²) in [5.41, 5.74) is 0. The monoisotopic (exact) mass is 170 g/mol. The molecule has 0 aliphatic heterocycles. The predicted molar refractivity (Wildman–Crippen MR) is 48.9 cm³/mol. The maximum atomic E-state index is 10.8. The van der Waals surface area contributed by atoms with E-state index in [1.54, 1.807) is 7.05 Å². The lowest BCUT2D eigenvalue weighted by molar-refractivity contribution is -0.120. The Morgan fingerprint density at radius 3 is 2.75 bits per heavy atom. The number of nitrogens with one attached hydrogen (secondary N) is 2. The zero-order chi connectivity index (χ0) is 8.97. The molecule has 0 radical (unpaired) electrons. The molecule has 0 aromatic rings. The van der Waals surface area contributed by atoms with Crippen LogP contribution in [-0.2, 0) is 4.79 Å². The van der Waals surface area contributed by atoms with Gasteiger partial charge in [0.15, 0.2) is 0 Å². The van der Waals surface area contributed by atoms with E-state index in [2.05, 4.69) is 17.6 Å². The van der Waals surface area contributed by atoms with E-state index in [1.165, 1.54) is 6.42 Å². The van der Waals surface area contributed by atoms with E-state index in [4.69, 9.17) is 0 Å². The highest BCUT2D eigenvalue weighted by molar-refractivity contribution is 5.75. The molecule has 1 rings (SSSR count). The summed E-state index contributed by atoms with van der Waals surface area (Å²) in [5.74, 6) is 0.991. The van der Waals surface area contributed by atoms with E-state index in [-0.39, 0.29) is 5.91 Å². The smallest absolute Gasteiger partial charge is 0.219 e. The largest absolute Gasteiger partial charge is 0.359 e. The molecule has 0 heterocycles. The van der Waals surface area contributed by atoms with E-state index in [9.17, 15) is 4.79 Å². The summed E-state index contributed by atoms with van der Waals surface area (Å²) in [6, 6.07) is 0.731. The van der Waals surface area contributed by atoms with Gasteiger partial charge in [0.05, 0.1) is 0 Å². The van der Waals surface area contributed by atoms with Gasteiger partial charge in [0.1, 0.15) is 0 Å². The molecule has 1 aliphatic rings. The van der Waals surface area contributed by atoms with Crippen molar-refractivity contribution < 1.29 is 4.79 Å². The second kappa shape index (κ2) is 4.45. The average molecular weight is 170 g/mol. The summed E-state index contributed by atoms with van der Waals surface area (Å²) in [5, 5.41) is 6.02. The number of carbonyl (C=O) groups excluding carboxylic acids is 1. The van der Waals surface area contributed by atoms with Crippen LogP contribution in [0.3, 0.4) is 0 Å². The highest BCUT2D eigenvalue weighted by Gasteiger charge is 2.31. The fourth-order valence-electron chi connectivity index (χ4n) is 1.27. The third-order valence-corrected chi connectivity index (χ3v) is 2.38. The molecule has 3 nitrogen and oxygen atoms in total. The Morgan fingerprint density at radius 2 is 2.25 bits per heavy atom. The molecule has 2 unspecified atom stereocenters. The van der Waals surface area contributed by atoms with Crippen LogP contribution >= 0.6 is 0 Å². The maximum absolute atomic E-state index is 10.8. The summed E-state index contributed by atoms with van der Waals surface area (Å²) < 4.78 is 0. The van der Waals surface area contributed by atoms with Gasteiger partial charge in [0.25, 0.3) is 0 Å². The van der Waals surface area contributed by atoms with Gasteiger partial charge in [-0.25, -0.2) is 0 Å². The Hall–Kier alpha value is -0.570. The first-order valence-electron chi connectivity index (χ1n) is 4.68. The second-order valence-corrected chi connectivity index (χ2v) is 3.55. The van der Waals surface area contributed by atoms with Crippen molar-refractivity contribution in [2.45, 2.75) is 32.2 Å². The van der Waals surface area contributed by atoms with Gasteiger partial charge >= 0.3 is 0 Å². The van der Waals surface area contributed by atoms with E-state index >= 15 is 0 Å². The van der Waals surface area contributed by atoms with Gasteiger partial charge in [-0.05, 0) is 25.3 Å². The normalized spacial score (nSPS) is 26.8. The van der Waals surface area contributed by atoms with Gasteiger partial charge in [-0.1, -0.05) is 6.92 Å². The molecular formula is C9H18N2O. The molecule has 0 aromatic heterocycles. The third-order valence-electron chi connectivity index (χ3n) is 2.38. The molecule has 0 bridgehead atoms. The Kier molecular flexibility index (Phi) is 3.53. The van der Waals surface area contributed by atoms with Crippen LogP contribution in [0.4, 0.5) is 0 Å². The highest BCUT2D eigenvalue weighted by Crippen LogP contribution is 2.28. The first-order chi connectivity index (χ1) is 5.74. The Bertz CT molecular complexity index is 159. The molecule has 0 saturated heterocycles. The highest BCUT2D eigenvalue weighted by atomic mass is 16.1. The fraction of sp³-hybridized carbons (Fsp3) is 0.889. The Morgan fingerprint density at radius 1 is 1.58 bits per heavy atom.